The molecule has 0 heterocycles. The van der Waals surface area contributed by atoms with Crippen molar-refractivity contribution >= 4 is 23.2 Å². The molecule has 0 saturated heterocycles. The molecule has 0 radical (unpaired) electrons. The summed E-state index contributed by atoms with van der Waals surface area (Å²) in [4.78, 5) is 0. The normalized spacial score (nSPS) is 12.4. The van der Waals surface area contributed by atoms with E-state index in [-0.39, 0.29) is 5.56 Å². The van der Waals surface area contributed by atoms with Gasteiger partial charge in [-0.2, -0.15) is 0 Å². The lowest BCUT2D eigenvalue weighted by atomic mass is 9.98. The van der Waals surface area contributed by atoms with Gasteiger partial charge in [0.05, 0.1) is 6.04 Å². The number of hydrogen-bond donors (Lipinski definition) is 1. The zero-order valence-electron chi connectivity index (χ0n) is 10.8. The Morgan fingerprint density at radius 2 is 1.70 bits per heavy atom. The van der Waals surface area contributed by atoms with Crippen molar-refractivity contribution in [2.45, 2.75) is 13.0 Å². The first-order valence-electron chi connectivity index (χ1n) is 6.15. The fourth-order valence-electron chi connectivity index (χ4n) is 2.09. The highest BCUT2D eigenvalue weighted by Gasteiger charge is 2.18. The highest BCUT2D eigenvalue weighted by molar-refractivity contribution is 6.34. The van der Waals surface area contributed by atoms with Crippen LogP contribution in [0.25, 0.3) is 0 Å². The standard InChI is InChI=1S/C15H13Cl2F2N/c1-2-20-15(9-5-10(16)7-11(17)6-9)13-8-12(18)3-4-14(13)19/h3-8,15,20H,2H2,1H3. The van der Waals surface area contributed by atoms with Gasteiger partial charge in [0.25, 0.3) is 0 Å². The van der Waals surface area contributed by atoms with Crippen LogP contribution in [0.15, 0.2) is 36.4 Å². The Bertz CT molecular complexity index is 597. The minimum Gasteiger partial charge on any atom is -0.306 e. The summed E-state index contributed by atoms with van der Waals surface area (Å²) in [7, 11) is 0. The fraction of sp³-hybridized carbons (Fsp3) is 0.200. The van der Waals surface area contributed by atoms with E-state index in [4.69, 9.17) is 23.2 Å². The maximum absolute atomic E-state index is 14.0. The molecule has 1 N–H and O–H groups in total. The van der Waals surface area contributed by atoms with Crippen molar-refractivity contribution in [3.8, 4) is 0 Å². The van der Waals surface area contributed by atoms with Crippen molar-refractivity contribution in [2.75, 3.05) is 6.54 Å². The van der Waals surface area contributed by atoms with Crippen LogP contribution >= 0.6 is 23.2 Å². The van der Waals surface area contributed by atoms with Crippen LogP contribution in [0.1, 0.15) is 24.1 Å². The van der Waals surface area contributed by atoms with Gasteiger partial charge in [-0.3, -0.25) is 0 Å². The Balaban J connectivity index is 2.52. The Morgan fingerprint density at radius 3 is 2.30 bits per heavy atom. The van der Waals surface area contributed by atoms with Crippen LogP contribution in [0.4, 0.5) is 8.78 Å². The Hall–Kier alpha value is -1.16. The lowest BCUT2D eigenvalue weighted by Crippen LogP contribution is -2.23. The first kappa shape index (κ1) is 15.2. The smallest absolute Gasteiger partial charge is 0.128 e. The molecule has 0 bridgehead atoms. The quantitative estimate of drug-likeness (QED) is 0.840. The molecule has 0 aliphatic rings. The van der Waals surface area contributed by atoms with Crippen molar-refractivity contribution < 1.29 is 8.78 Å². The lowest BCUT2D eigenvalue weighted by Gasteiger charge is -2.20. The minimum absolute atomic E-state index is 0.227. The third-order valence-electron chi connectivity index (χ3n) is 2.90. The Morgan fingerprint density at radius 1 is 1.05 bits per heavy atom. The van der Waals surface area contributed by atoms with Gasteiger partial charge in [0.1, 0.15) is 11.6 Å². The van der Waals surface area contributed by atoms with Crippen molar-refractivity contribution in [3.63, 3.8) is 0 Å². The number of nitrogens with one attached hydrogen (secondary N) is 1. The molecule has 20 heavy (non-hydrogen) atoms. The average Bonchev–Trinajstić information content (AvgIpc) is 2.38. The van der Waals surface area contributed by atoms with E-state index in [1.807, 2.05) is 6.92 Å². The molecule has 0 saturated carbocycles. The van der Waals surface area contributed by atoms with E-state index in [2.05, 4.69) is 5.32 Å². The number of halogens is 4. The molecule has 0 spiro atoms. The van der Waals surface area contributed by atoms with E-state index >= 15 is 0 Å². The van der Waals surface area contributed by atoms with Crippen LogP contribution in [0, 0.1) is 11.6 Å². The van der Waals surface area contributed by atoms with E-state index in [0.29, 0.717) is 22.2 Å². The maximum atomic E-state index is 14.0. The molecule has 5 heteroatoms. The van der Waals surface area contributed by atoms with Crippen LogP contribution in [0.2, 0.25) is 10.0 Å². The summed E-state index contributed by atoms with van der Waals surface area (Å²) in [5.74, 6) is -0.967. The van der Waals surface area contributed by atoms with Gasteiger partial charge in [0.15, 0.2) is 0 Å². The number of benzene rings is 2. The van der Waals surface area contributed by atoms with E-state index < -0.39 is 17.7 Å². The van der Waals surface area contributed by atoms with E-state index in [0.717, 1.165) is 12.1 Å². The van der Waals surface area contributed by atoms with Crippen molar-refractivity contribution in [2.24, 2.45) is 0 Å². The summed E-state index contributed by atoms with van der Waals surface area (Å²) in [6.45, 7) is 2.47. The van der Waals surface area contributed by atoms with Gasteiger partial charge in [-0.25, -0.2) is 8.78 Å². The van der Waals surface area contributed by atoms with E-state index in [9.17, 15) is 8.78 Å². The van der Waals surface area contributed by atoms with Crippen molar-refractivity contribution in [1.82, 2.24) is 5.32 Å². The lowest BCUT2D eigenvalue weighted by molar-refractivity contribution is 0.545. The Labute approximate surface area is 126 Å². The molecule has 2 aromatic carbocycles. The van der Waals surface area contributed by atoms with Gasteiger partial charge < -0.3 is 5.32 Å². The summed E-state index contributed by atoms with van der Waals surface area (Å²) < 4.78 is 27.3. The molecule has 0 aliphatic carbocycles. The van der Waals surface area contributed by atoms with Crippen LogP contribution in [-0.4, -0.2) is 6.54 Å². The molecule has 0 aromatic heterocycles. The number of rotatable bonds is 4. The number of hydrogen-bond acceptors (Lipinski definition) is 1. The first-order valence-corrected chi connectivity index (χ1v) is 6.91. The van der Waals surface area contributed by atoms with Crippen LogP contribution in [0.3, 0.4) is 0 Å². The fourth-order valence-corrected chi connectivity index (χ4v) is 2.63. The summed E-state index contributed by atoms with van der Waals surface area (Å²) in [6, 6.07) is 7.84. The van der Waals surface area contributed by atoms with E-state index in [1.165, 1.54) is 6.07 Å². The maximum Gasteiger partial charge on any atom is 0.128 e. The molecular weight excluding hydrogens is 303 g/mol. The van der Waals surface area contributed by atoms with Gasteiger partial charge in [-0.1, -0.05) is 30.1 Å². The van der Waals surface area contributed by atoms with Crippen molar-refractivity contribution in [3.05, 3.63) is 69.2 Å². The van der Waals surface area contributed by atoms with E-state index in [1.54, 1.807) is 18.2 Å². The molecule has 2 rings (SSSR count). The SMILES string of the molecule is CCNC(c1cc(Cl)cc(Cl)c1)c1cc(F)ccc1F. The summed E-state index contributed by atoms with van der Waals surface area (Å²) >= 11 is 11.9. The summed E-state index contributed by atoms with van der Waals surface area (Å²) in [5.41, 5.74) is 0.916. The molecule has 1 atom stereocenters. The predicted molar refractivity (Wildman–Crippen MR) is 78.3 cm³/mol. The van der Waals surface area contributed by atoms with Crippen LogP contribution in [0.5, 0.6) is 0 Å². The third kappa shape index (κ3) is 3.48. The zero-order chi connectivity index (χ0) is 14.7. The molecule has 2 aromatic rings. The van der Waals surface area contributed by atoms with Crippen LogP contribution < -0.4 is 5.32 Å². The topological polar surface area (TPSA) is 12.0 Å². The monoisotopic (exact) mass is 315 g/mol. The Kier molecular flexibility index (Phi) is 4.97. The largest absolute Gasteiger partial charge is 0.306 e. The molecule has 106 valence electrons. The summed E-state index contributed by atoms with van der Waals surface area (Å²) in [6.07, 6.45) is 0. The average molecular weight is 316 g/mol. The summed E-state index contributed by atoms with van der Waals surface area (Å²) in [5, 5.41) is 4.02. The highest BCUT2D eigenvalue weighted by atomic mass is 35.5. The van der Waals surface area contributed by atoms with Gasteiger partial charge in [-0.15, -0.1) is 0 Å². The van der Waals surface area contributed by atoms with Gasteiger partial charge in [0, 0.05) is 15.6 Å². The molecule has 1 nitrogen and oxygen atoms in total. The zero-order valence-corrected chi connectivity index (χ0v) is 12.3. The van der Waals surface area contributed by atoms with Crippen molar-refractivity contribution in [1.29, 1.82) is 0 Å². The second kappa shape index (κ2) is 6.53. The molecule has 0 fully saturated rings. The molecular formula is C15H13Cl2F2N. The molecule has 0 aliphatic heterocycles. The second-order valence-electron chi connectivity index (χ2n) is 4.36. The van der Waals surface area contributed by atoms with Gasteiger partial charge in [0.2, 0.25) is 0 Å². The third-order valence-corrected chi connectivity index (χ3v) is 3.33. The van der Waals surface area contributed by atoms with Gasteiger partial charge in [-0.05, 0) is 48.5 Å². The van der Waals surface area contributed by atoms with Gasteiger partial charge >= 0.3 is 0 Å². The minimum atomic E-state index is -0.508. The highest BCUT2D eigenvalue weighted by Crippen LogP contribution is 2.29. The first-order chi connectivity index (χ1) is 9.51. The molecule has 0 amide bonds. The molecule has 1 unspecified atom stereocenters. The van der Waals surface area contributed by atoms with Crippen LogP contribution in [-0.2, 0) is 0 Å². The predicted octanol–water partition coefficient (Wildman–Crippen LogP) is 4.97. The second-order valence-corrected chi connectivity index (χ2v) is 5.23.